The number of nitrogens with zero attached hydrogens (tertiary/aromatic N) is 3. The highest BCUT2D eigenvalue weighted by molar-refractivity contribution is 7.98. The predicted molar refractivity (Wildman–Crippen MR) is 128 cm³/mol. The zero-order chi connectivity index (χ0) is 23.5. The summed E-state index contributed by atoms with van der Waals surface area (Å²) in [5.74, 6) is 0.401. The van der Waals surface area contributed by atoms with Crippen LogP contribution in [-0.2, 0) is 7.05 Å². The number of rotatable bonds is 7. The van der Waals surface area contributed by atoms with E-state index in [1.165, 1.54) is 31.0 Å². The number of nitro benzene ring substituents is 1. The fourth-order valence-corrected chi connectivity index (χ4v) is 4.35. The summed E-state index contributed by atoms with van der Waals surface area (Å²) in [6, 6.07) is 19.3. The lowest BCUT2D eigenvalue weighted by Crippen LogP contribution is -2.31. The fourth-order valence-electron chi connectivity index (χ4n) is 3.77. The first-order chi connectivity index (χ1) is 15.9. The molecule has 8 nitrogen and oxygen atoms in total. The molecule has 0 radical (unpaired) electrons. The molecular weight excluding hydrogens is 440 g/mol. The molecule has 1 aromatic heterocycles. The molecule has 1 heterocycles. The van der Waals surface area contributed by atoms with Gasteiger partial charge in [0.15, 0.2) is 0 Å². The number of para-hydroxylation sites is 2. The number of hydrogen-bond donors (Lipinski definition) is 1. The second-order valence-corrected chi connectivity index (χ2v) is 8.16. The first-order valence-electron chi connectivity index (χ1n) is 10.1. The van der Waals surface area contributed by atoms with Crippen molar-refractivity contribution in [3.8, 4) is 5.75 Å². The third-order valence-corrected chi connectivity index (χ3v) is 6.19. The highest BCUT2D eigenvalue weighted by atomic mass is 32.2. The molecule has 0 bridgehead atoms. The maximum atomic E-state index is 13.4. The quantitative estimate of drug-likeness (QED) is 0.242. The van der Waals surface area contributed by atoms with E-state index in [0.29, 0.717) is 16.5 Å². The molecule has 1 unspecified atom stereocenters. The minimum Gasteiger partial charge on any atom is -0.495 e. The van der Waals surface area contributed by atoms with Crippen molar-refractivity contribution in [3.05, 3.63) is 93.8 Å². The topological polar surface area (TPSA) is 99.3 Å². The van der Waals surface area contributed by atoms with Gasteiger partial charge in [-0.05, 0) is 30.0 Å². The molecule has 168 valence electrons. The highest BCUT2D eigenvalue weighted by Crippen LogP contribution is 2.35. The third-order valence-electron chi connectivity index (χ3n) is 5.43. The second-order valence-electron chi connectivity index (χ2n) is 7.32. The largest absolute Gasteiger partial charge is 0.495 e. The van der Waals surface area contributed by atoms with Gasteiger partial charge in [0.2, 0.25) is 0 Å². The number of methoxy groups -OCH3 is 1. The van der Waals surface area contributed by atoms with Crippen LogP contribution in [0.4, 0.5) is 5.69 Å². The van der Waals surface area contributed by atoms with Crippen molar-refractivity contribution in [2.24, 2.45) is 7.05 Å². The summed E-state index contributed by atoms with van der Waals surface area (Å²) in [6.45, 7) is 0. The van der Waals surface area contributed by atoms with Crippen LogP contribution in [0.2, 0.25) is 0 Å². The normalized spacial score (nSPS) is 11.8. The Morgan fingerprint density at radius 1 is 1.15 bits per heavy atom. The van der Waals surface area contributed by atoms with Gasteiger partial charge in [0.05, 0.1) is 34.0 Å². The fraction of sp³-hybridized carbons (Fsp3) is 0.167. The zero-order valence-corrected chi connectivity index (χ0v) is 19.1. The Hall–Kier alpha value is -3.85. The molecule has 3 aromatic carbocycles. The Kier molecular flexibility index (Phi) is 6.32. The van der Waals surface area contributed by atoms with E-state index < -0.39 is 16.9 Å². The number of carbonyl (C=O) groups is 1. The van der Waals surface area contributed by atoms with E-state index in [-0.39, 0.29) is 11.3 Å². The van der Waals surface area contributed by atoms with Crippen LogP contribution in [0.25, 0.3) is 11.0 Å². The van der Waals surface area contributed by atoms with Gasteiger partial charge in [0.25, 0.3) is 11.6 Å². The molecule has 0 aliphatic carbocycles. The van der Waals surface area contributed by atoms with Gasteiger partial charge in [0, 0.05) is 7.05 Å². The van der Waals surface area contributed by atoms with E-state index in [2.05, 4.69) is 5.32 Å². The van der Waals surface area contributed by atoms with Gasteiger partial charge in [-0.2, -0.15) is 0 Å². The van der Waals surface area contributed by atoms with Crippen LogP contribution in [-0.4, -0.2) is 33.7 Å². The van der Waals surface area contributed by atoms with Crippen LogP contribution < -0.4 is 10.1 Å². The second kappa shape index (κ2) is 9.33. The molecule has 4 aromatic rings. The molecule has 1 N–H and O–H groups in total. The van der Waals surface area contributed by atoms with Crippen LogP contribution in [0.1, 0.15) is 27.8 Å². The lowest BCUT2D eigenvalue weighted by atomic mass is 10.0. The molecule has 0 aliphatic heterocycles. The molecule has 1 amide bonds. The molecule has 0 fully saturated rings. The standard InChI is InChI=1S/C24H22N4O4S/c1-27-18-12-8-7-11-17(18)25-23(27)22(15-9-5-4-6-10-15)26-24(29)16-13-21(33-3)20(32-2)14-19(16)28(30)31/h4-14,22H,1-3H3,(H,26,29). The maximum absolute atomic E-state index is 13.4. The van der Waals surface area contributed by atoms with Crippen molar-refractivity contribution in [2.45, 2.75) is 10.9 Å². The molecular formula is C24H22N4O4S. The number of benzene rings is 3. The van der Waals surface area contributed by atoms with Crippen LogP contribution in [0.5, 0.6) is 5.75 Å². The first kappa shape index (κ1) is 22.3. The van der Waals surface area contributed by atoms with Gasteiger partial charge in [-0.15, -0.1) is 11.8 Å². The Bertz CT molecular complexity index is 1340. The number of nitrogens with one attached hydrogen (secondary N) is 1. The number of thioether (sulfide) groups is 1. The number of hydrogen-bond acceptors (Lipinski definition) is 6. The molecule has 1 atom stereocenters. The van der Waals surface area contributed by atoms with Crippen molar-refractivity contribution >= 4 is 34.4 Å². The monoisotopic (exact) mass is 462 g/mol. The summed E-state index contributed by atoms with van der Waals surface area (Å²) < 4.78 is 7.18. The van der Waals surface area contributed by atoms with Gasteiger partial charge < -0.3 is 14.6 Å². The summed E-state index contributed by atoms with van der Waals surface area (Å²) in [5, 5.41) is 14.7. The lowest BCUT2D eigenvalue weighted by molar-refractivity contribution is -0.385. The molecule has 0 spiro atoms. The van der Waals surface area contributed by atoms with Crippen molar-refractivity contribution in [3.63, 3.8) is 0 Å². The van der Waals surface area contributed by atoms with Gasteiger partial charge in [0.1, 0.15) is 23.2 Å². The van der Waals surface area contributed by atoms with E-state index in [1.807, 2.05) is 72.5 Å². The predicted octanol–water partition coefficient (Wildman–Crippen LogP) is 4.73. The van der Waals surface area contributed by atoms with E-state index in [0.717, 1.165) is 16.6 Å². The number of amides is 1. The van der Waals surface area contributed by atoms with E-state index in [9.17, 15) is 14.9 Å². The average Bonchev–Trinajstić information content (AvgIpc) is 3.18. The number of fused-ring (bicyclic) bond motifs is 1. The lowest BCUT2D eigenvalue weighted by Gasteiger charge is -2.20. The number of nitro groups is 1. The maximum Gasteiger partial charge on any atom is 0.285 e. The molecule has 33 heavy (non-hydrogen) atoms. The van der Waals surface area contributed by atoms with Gasteiger partial charge in [-0.1, -0.05) is 42.5 Å². The third kappa shape index (κ3) is 4.27. The summed E-state index contributed by atoms with van der Waals surface area (Å²) >= 11 is 1.35. The number of aromatic nitrogens is 2. The van der Waals surface area contributed by atoms with Crippen LogP contribution in [0.15, 0.2) is 71.6 Å². The highest BCUT2D eigenvalue weighted by Gasteiger charge is 2.28. The summed E-state index contributed by atoms with van der Waals surface area (Å²) in [6.07, 6.45) is 1.82. The minimum absolute atomic E-state index is 0.0372. The first-order valence-corrected chi connectivity index (χ1v) is 11.3. The number of carbonyl (C=O) groups excluding carboxylic acids is 1. The van der Waals surface area contributed by atoms with Crippen LogP contribution in [0.3, 0.4) is 0 Å². The van der Waals surface area contributed by atoms with Crippen molar-refractivity contribution in [2.75, 3.05) is 13.4 Å². The minimum atomic E-state index is -0.615. The number of imidazole rings is 1. The van der Waals surface area contributed by atoms with Gasteiger partial charge in [-0.3, -0.25) is 14.9 Å². The Balaban J connectivity index is 1.81. The summed E-state index contributed by atoms with van der Waals surface area (Å²) in [5.41, 5.74) is 2.17. The SMILES string of the molecule is COc1cc([N+](=O)[O-])c(C(=O)NC(c2ccccc2)c2nc3ccccc3n2C)cc1SC. The summed E-state index contributed by atoms with van der Waals surface area (Å²) in [7, 11) is 3.32. The smallest absolute Gasteiger partial charge is 0.285 e. The Labute approximate surface area is 194 Å². The zero-order valence-electron chi connectivity index (χ0n) is 18.3. The van der Waals surface area contributed by atoms with Crippen molar-refractivity contribution in [1.82, 2.24) is 14.9 Å². The van der Waals surface area contributed by atoms with Crippen LogP contribution >= 0.6 is 11.8 Å². The Morgan fingerprint density at radius 3 is 2.48 bits per heavy atom. The number of ether oxygens (including phenoxy) is 1. The van der Waals surface area contributed by atoms with E-state index in [1.54, 1.807) is 0 Å². The van der Waals surface area contributed by atoms with Gasteiger partial charge >= 0.3 is 0 Å². The van der Waals surface area contributed by atoms with E-state index >= 15 is 0 Å². The molecule has 0 aliphatic rings. The molecule has 0 saturated heterocycles. The Morgan fingerprint density at radius 2 is 1.85 bits per heavy atom. The summed E-state index contributed by atoms with van der Waals surface area (Å²) in [4.78, 5) is 30.0. The molecule has 0 saturated carbocycles. The van der Waals surface area contributed by atoms with Crippen LogP contribution in [0, 0.1) is 10.1 Å². The van der Waals surface area contributed by atoms with Gasteiger partial charge in [-0.25, -0.2) is 4.98 Å². The van der Waals surface area contributed by atoms with Crippen molar-refractivity contribution < 1.29 is 14.5 Å². The average molecular weight is 463 g/mol. The van der Waals surface area contributed by atoms with E-state index in [4.69, 9.17) is 9.72 Å². The van der Waals surface area contributed by atoms with Crippen molar-refractivity contribution in [1.29, 1.82) is 0 Å². The molecule has 4 rings (SSSR count). The molecule has 9 heteroatoms. The number of aryl methyl sites for hydroxylation is 1.